The fourth-order valence-electron chi connectivity index (χ4n) is 1.56. The van der Waals surface area contributed by atoms with Gasteiger partial charge in [0.2, 0.25) is 0 Å². The number of ether oxygens (including phenoxy) is 3. The smallest absolute Gasteiger partial charge is 0.111 e. The Labute approximate surface area is 72.4 Å². The number of hydrogen-bond acceptors (Lipinski definition) is 4. The van der Waals surface area contributed by atoms with Gasteiger partial charge < -0.3 is 19.3 Å². The first-order valence-corrected chi connectivity index (χ1v) is 4.06. The molecular formula is C8H16O4. The second-order valence-electron chi connectivity index (χ2n) is 3.03. The average molecular weight is 176 g/mol. The summed E-state index contributed by atoms with van der Waals surface area (Å²) in [5.74, 6) is 0. The van der Waals surface area contributed by atoms with Crippen LogP contribution in [-0.4, -0.2) is 50.3 Å². The first-order chi connectivity index (χ1) is 5.70. The fraction of sp³-hybridized carbons (Fsp3) is 1.00. The van der Waals surface area contributed by atoms with Crippen LogP contribution in [0.25, 0.3) is 0 Å². The predicted octanol–water partition coefficient (Wildman–Crippen LogP) is -0.204. The van der Waals surface area contributed by atoms with Gasteiger partial charge in [0.05, 0.1) is 12.7 Å². The lowest BCUT2D eigenvalue weighted by Gasteiger charge is -2.15. The molecule has 0 spiro atoms. The lowest BCUT2D eigenvalue weighted by atomic mass is 10.1. The van der Waals surface area contributed by atoms with Crippen LogP contribution in [0, 0.1) is 0 Å². The summed E-state index contributed by atoms with van der Waals surface area (Å²) in [5.41, 5.74) is 0. The molecule has 4 atom stereocenters. The third-order valence-corrected chi connectivity index (χ3v) is 2.17. The van der Waals surface area contributed by atoms with Gasteiger partial charge in [-0.25, -0.2) is 0 Å². The third-order valence-electron chi connectivity index (χ3n) is 2.17. The maximum atomic E-state index is 9.62. The molecular weight excluding hydrogens is 160 g/mol. The molecule has 1 fully saturated rings. The van der Waals surface area contributed by atoms with Crippen molar-refractivity contribution in [2.75, 3.05) is 20.8 Å². The Morgan fingerprint density at radius 2 is 2.08 bits per heavy atom. The minimum absolute atomic E-state index is 0.0647. The highest BCUT2D eigenvalue weighted by Crippen LogP contribution is 2.23. The van der Waals surface area contributed by atoms with E-state index in [0.717, 1.165) is 0 Å². The summed E-state index contributed by atoms with van der Waals surface area (Å²) >= 11 is 0. The van der Waals surface area contributed by atoms with Gasteiger partial charge in [-0.15, -0.1) is 0 Å². The summed E-state index contributed by atoms with van der Waals surface area (Å²) in [6, 6.07) is 0. The van der Waals surface area contributed by atoms with Crippen molar-refractivity contribution < 1.29 is 19.3 Å². The minimum Gasteiger partial charge on any atom is -0.387 e. The summed E-state index contributed by atoms with van der Waals surface area (Å²) < 4.78 is 15.4. The first-order valence-electron chi connectivity index (χ1n) is 4.06. The zero-order valence-electron chi connectivity index (χ0n) is 7.69. The van der Waals surface area contributed by atoms with Crippen LogP contribution >= 0.6 is 0 Å². The van der Waals surface area contributed by atoms with Gasteiger partial charge in [0.25, 0.3) is 0 Å². The highest BCUT2D eigenvalue weighted by atomic mass is 16.6. The van der Waals surface area contributed by atoms with Gasteiger partial charge in [-0.05, 0) is 6.92 Å². The van der Waals surface area contributed by atoms with Crippen LogP contribution in [0.4, 0.5) is 0 Å². The van der Waals surface area contributed by atoms with Gasteiger partial charge in [0.1, 0.15) is 18.3 Å². The zero-order valence-corrected chi connectivity index (χ0v) is 7.69. The van der Waals surface area contributed by atoms with Gasteiger partial charge in [0, 0.05) is 14.2 Å². The molecule has 0 bridgehead atoms. The molecule has 0 aliphatic carbocycles. The van der Waals surface area contributed by atoms with Crippen molar-refractivity contribution in [3.63, 3.8) is 0 Å². The molecule has 1 heterocycles. The van der Waals surface area contributed by atoms with Crippen molar-refractivity contribution in [2.45, 2.75) is 31.3 Å². The number of aliphatic hydroxyl groups excluding tert-OH is 1. The molecule has 0 amide bonds. The van der Waals surface area contributed by atoms with Gasteiger partial charge in [-0.1, -0.05) is 0 Å². The number of rotatable bonds is 3. The predicted molar refractivity (Wildman–Crippen MR) is 43.0 cm³/mol. The van der Waals surface area contributed by atoms with Crippen molar-refractivity contribution in [2.24, 2.45) is 0 Å². The molecule has 0 aromatic rings. The molecule has 0 radical (unpaired) electrons. The largest absolute Gasteiger partial charge is 0.387 e. The Morgan fingerprint density at radius 3 is 2.50 bits per heavy atom. The average Bonchev–Trinajstić information content (AvgIpc) is 2.29. The molecule has 12 heavy (non-hydrogen) atoms. The SMILES string of the molecule is COC[C@H]1O[C@@H](C)C(OC)[C@H]1O. The summed E-state index contributed by atoms with van der Waals surface area (Å²) in [4.78, 5) is 0. The van der Waals surface area contributed by atoms with E-state index in [9.17, 15) is 5.11 Å². The van der Waals surface area contributed by atoms with E-state index in [1.54, 1.807) is 14.2 Å². The lowest BCUT2D eigenvalue weighted by Crippen LogP contribution is -2.35. The molecule has 72 valence electrons. The third kappa shape index (κ3) is 1.77. The highest BCUT2D eigenvalue weighted by molar-refractivity contribution is 4.89. The second kappa shape index (κ2) is 4.18. The summed E-state index contributed by atoms with van der Waals surface area (Å²) in [5, 5.41) is 9.62. The van der Waals surface area contributed by atoms with Crippen LogP contribution in [0.15, 0.2) is 0 Å². The van der Waals surface area contributed by atoms with E-state index in [0.29, 0.717) is 6.61 Å². The summed E-state index contributed by atoms with van der Waals surface area (Å²) in [6.45, 7) is 2.29. The van der Waals surface area contributed by atoms with E-state index in [1.165, 1.54) is 0 Å². The van der Waals surface area contributed by atoms with Crippen LogP contribution in [0.5, 0.6) is 0 Å². The molecule has 4 nitrogen and oxygen atoms in total. The van der Waals surface area contributed by atoms with Gasteiger partial charge >= 0.3 is 0 Å². The van der Waals surface area contributed by atoms with E-state index >= 15 is 0 Å². The molecule has 1 rings (SSSR count). The summed E-state index contributed by atoms with van der Waals surface area (Å²) in [6.07, 6.45) is -1.13. The van der Waals surface area contributed by atoms with E-state index in [2.05, 4.69) is 0 Å². The Bertz CT molecular complexity index is 139. The van der Waals surface area contributed by atoms with Crippen LogP contribution in [0.3, 0.4) is 0 Å². The Balaban J connectivity index is 2.49. The standard InChI is InChI=1S/C8H16O4/c1-5-8(11-3)7(9)6(12-5)4-10-2/h5-9H,4H2,1-3H3/t5-,6+,7-,8?/m0/s1. The highest BCUT2D eigenvalue weighted by Gasteiger charge is 2.41. The monoisotopic (exact) mass is 176 g/mol. The number of methoxy groups -OCH3 is 2. The molecule has 0 aromatic carbocycles. The van der Waals surface area contributed by atoms with Gasteiger partial charge in [-0.2, -0.15) is 0 Å². The molecule has 1 unspecified atom stereocenters. The van der Waals surface area contributed by atoms with Crippen molar-refractivity contribution in [1.82, 2.24) is 0 Å². The van der Waals surface area contributed by atoms with Crippen LogP contribution in [-0.2, 0) is 14.2 Å². The van der Waals surface area contributed by atoms with Crippen molar-refractivity contribution in [3.8, 4) is 0 Å². The van der Waals surface area contributed by atoms with E-state index in [-0.39, 0.29) is 18.3 Å². The maximum Gasteiger partial charge on any atom is 0.111 e. The maximum absolute atomic E-state index is 9.62. The van der Waals surface area contributed by atoms with E-state index in [4.69, 9.17) is 14.2 Å². The van der Waals surface area contributed by atoms with Gasteiger partial charge in [-0.3, -0.25) is 0 Å². The van der Waals surface area contributed by atoms with Crippen LogP contribution < -0.4 is 0 Å². The molecule has 4 heteroatoms. The van der Waals surface area contributed by atoms with E-state index < -0.39 is 6.10 Å². The molecule has 1 N–H and O–H groups in total. The molecule has 1 aliphatic rings. The number of aliphatic hydroxyl groups is 1. The van der Waals surface area contributed by atoms with E-state index in [1.807, 2.05) is 6.92 Å². The molecule has 0 saturated carbocycles. The Hall–Kier alpha value is -0.160. The quantitative estimate of drug-likeness (QED) is 0.646. The molecule has 1 aliphatic heterocycles. The van der Waals surface area contributed by atoms with Crippen molar-refractivity contribution in [1.29, 1.82) is 0 Å². The summed E-state index contributed by atoms with van der Waals surface area (Å²) in [7, 11) is 3.16. The second-order valence-corrected chi connectivity index (χ2v) is 3.03. The first kappa shape index (κ1) is 9.92. The van der Waals surface area contributed by atoms with Crippen LogP contribution in [0.2, 0.25) is 0 Å². The van der Waals surface area contributed by atoms with Gasteiger partial charge in [0.15, 0.2) is 0 Å². The minimum atomic E-state index is -0.579. The van der Waals surface area contributed by atoms with Crippen molar-refractivity contribution >= 4 is 0 Å². The Morgan fingerprint density at radius 1 is 1.42 bits per heavy atom. The molecule has 0 aromatic heterocycles. The lowest BCUT2D eigenvalue weighted by molar-refractivity contribution is -0.0293. The fourth-order valence-corrected chi connectivity index (χ4v) is 1.56. The topological polar surface area (TPSA) is 47.9 Å². The Kier molecular flexibility index (Phi) is 3.46. The van der Waals surface area contributed by atoms with Crippen molar-refractivity contribution in [3.05, 3.63) is 0 Å². The molecule has 1 saturated heterocycles. The normalized spacial score (nSPS) is 42.0. The zero-order chi connectivity index (χ0) is 9.14. The van der Waals surface area contributed by atoms with Crippen LogP contribution in [0.1, 0.15) is 6.92 Å². The number of hydrogen-bond donors (Lipinski definition) is 1.